The van der Waals surface area contributed by atoms with E-state index >= 15 is 0 Å². The van der Waals surface area contributed by atoms with Gasteiger partial charge in [-0.05, 0) is 35.9 Å². The minimum Gasteiger partial charge on any atom is -0.497 e. The largest absolute Gasteiger partial charge is 0.497 e. The predicted molar refractivity (Wildman–Crippen MR) is 102 cm³/mol. The maximum Gasteiger partial charge on any atom is 0.251 e. The van der Waals surface area contributed by atoms with Crippen LogP contribution in [0.15, 0.2) is 48.5 Å². The summed E-state index contributed by atoms with van der Waals surface area (Å²) in [5, 5.41) is 3.59. The van der Waals surface area contributed by atoms with Crippen molar-refractivity contribution in [2.45, 2.75) is 6.04 Å². The average molecular weight is 375 g/mol. The molecule has 26 heavy (non-hydrogen) atoms. The zero-order valence-corrected chi connectivity index (χ0v) is 15.5. The Morgan fingerprint density at radius 2 is 1.96 bits per heavy atom. The van der Waals surface area contributed by atoms with Crippen LogP contribution in [0, 0.1) is 0 Å². The van der Waals surface area contributed by atoms with E-state index in [1.165, 1.54) is 0 Å². The number of hydrogen-bond acceptors (Lipinski definition) is 4. The van der Waals surface area contributed by atoms with Crippen LogP contribution in [0.5, 0.6) is 5.75 Å². The Hall–Kier alpha value is -2.08. The Morgan fingerprint density at radius 3 is 2.62 bits per heavy atom. The van der Waals surface area contributed by atoms with Gasteiger partial charge in [-0.3, -0.25) is 9.69 Å². The first-order valence-electron chi connectivity index (χ1n) is 8.67. The molecule has 5 nitrogen and oxygen atoms in total. The van der Waals surface area contributed by atoms with Crippen LogP contribution >= 0.6 is 11.6 Å². The summed E-state index contributed by atoms with van der Waals surface area (Å²) in [5.74, 6) is 0.691. The Kier molecular flexibility index (Phi) is 6.50. The number of halogens is 1. The first-order chi connectivity index (χ1) is 12.7. The summed E-state index contributed by atoms with van der Waals surface area (Å²) in [7, 11) is 1.65. The van der Waals surface area contributed by atoms with E-state index < -0.39 is 0 Å². The van der Waals surface area contributed by atoms with Gasteiger partial charge in [-0.2, -0.15) is 0 Å². The molecule has 0 bridgehead atoms. The Morgan fingerprint density at radius 1 is 1.23 bits per heavy atom. The van der Waals surface area contributed by atoms with E-state index in [1.54, 1.807) is 31.4 Å². The van der Waals surface area contributed by atoms with Gasteiger partial charge in [-0.15, -0.1) is 0 Å². The van der Waals surface area contributed by atoms with Gasteiger partial charge < -0.3 is 14.8 Å². The number of ether oxygens (including phenoxy) is 2. The number of hydrogen-bond donors (Lipinski definition) is 1. The highest BCUT2D eigenvalue weighted by atomic mass is 35.5. The lowest BCUT2D eigenvalue weighted by atomic mass is 10.0. The van der Waals surface area contributed by atoms with Crippen LogP contribution in [0.4, 0.5) is 0 Å². The van der Waals surface area contributed by atoms with E-state index in [1.807, 2.05) is 24.3 Å². The van der Waals surface area contributed by atoms with Gasteiger partial charge in [-0.25, -0.2) is 0 Å². The molecule has 2 aromatic rings. The van der Waals surface area contributed by atoms with Crippen LogP contribution in [0.3, 0.4) is 0 Å². The van der Waals surface area contributed by atoms with Gasteiger partial charge in [0.1, 0.15) is 5.75 Å². The molecule has 1 aliphatic rings. The van der Waals surface area contributed by atoms with Crippen molar-refractivity contribution in [1.29, 1.82) is 0 Å². The normalized spacial score (nSPS) is 16.1. The minimum absolute atomic E-state index is 0.0768. The van der Waals surface area contributed by atoms with Crippen LogP contribution in [-0.4, -0.2) is 50.8 Å². The Balaban J connectivity index is 1.73. The monoisotopic (exact) mass is 374 g/mol. The molecule has 2 aromatic carbocycles. The van der Waals surface area contributed by atoms with E-state index in [2.05, 4.69) is 10.2 Å². The van der Waals surface area contributed by atoms with Crippen molar-refractivity contribution >= 4 is 17.5 Å². The van der Waals surface area contributed by atoms with Gasteiger partial charge in [0.05, 0.1) is 26.4 Å². The smallest absolute Gasteiger partial charge is 0.251 e. The molecular weight excluding hydrogens is 352 g/mol. The third-order valence-corrected chi connectivity index (χ3v) is 4.76. The second-order valence-electron chi connectivity index (χ2n) is 6.16. The second-order valence-corrected chi connectivity index (χ2v) is 6.59. The first kappa shape index (κ1) is 18.7. The van der Waals surface area contributed by atoms with E-state index in [0.717, 1.165) is 24.4 Å². The van der Waals surface area contributed by atoms with Gasteiger partial charge in [0, 0.05) is 30.2 Å². The molecule has 1 N–H and O–H groups in total. The number of nitrogens with one attached hydrogen (secondary N) is 1. The van der Waals surface area contributed by atoms with Crippen molar-refractivity contribution in [1.82, 2.24) is 10.2 Å². The van der Waals surface area contributed by atoms with Crippen molar-refractivity contribution in [3.63, 3.8) is 0 Å². The predicted octanol–water partition coefficient (Wildman–Crippen LogP) is 3.15. The molecule has 0 aromatic heterocycles. The molecular formula is C20H23ClN2O3. The van der Waals surface area contributed by atoms with Crippen molar-refractivity contribution in [3.8, 4) is 5.75 Å². The summed E-state index contributed by atoms with van der Waals surface area (Å²) in [5.41, 5.74) is 1.70. The van der Waals surface area contributed by atoms with E-state index in [4.69, 9.17) is 21.1 Å². The topological polar surface area (TPSA) is 50.8 Å². The van der Waals surface area contributed by atoms with E-state index in [-0.39, 0.29) is 11.9 Å². The highest BCUT2D eigenvalue weighted by molar-refractivity contribution is 6.30. The van der Waals surface area contributed by atoms with Crippen LogP contribution < -0.4 is 10.1 Å². The fraction of sp³-hybridized carbons (Fsp3) is 0.350. The lowest BCUT2D eigenvalue weighted by Crippen LogP contribution is -2.43. The highest BCUT2D eigenvalue weighted by Gasteiger charge is 2.23. The lowest BCUT2D eigenvalue weighted by molar-refractivity contribution is 0.0162. The molecule has 1 atom stereocenters. The number of methoxy groups -OCH3 is 1. The molecule has 0 saturated carbocycles. The molecule has 0 spiro atoms. The van der Waals surface area contributed by atoms with Gasteiger partial charge >= 0.3 is 0 Å². The molecule has 1 fully saturated rings. The molecule has 138 valence electrons. The Bertz CT molecular complexity index is 730. The summed E-state index contributed by atoms with van der Waals surface area (Å²) in [6.45, 7) is 3.59. The van der Waals surface area contributed by atoms with Gasteiger partial charge in [-0.1, -0.05) is 29.8 Å². The fourth-order valence-electron chi connectivity index (χ4n) is 3.09. The number of rotatable bonds is 6. The van der Waals surface area contributed by atoms with Crippen molar-refractivity contribution in [2.75, 3.05) is 40.0 Å². The number of morpholine rings is 1. The van der Waals surface area contributed by atoms with Crippen molar-refractivity contribution in [2.24, 2.45) is 0 Å². The number of benzene rings is 2. The molecule has 1 aliphatic heterocycles. The van der Waals surface area contributed by atoms with Crippen molar-refractivity contribution < 1.29 is 14.3 Å². The van der Waals surface area contributed by atoms with Crippen LogP contribution in [0.1, 0.15) is 22.0 Å². The molecule has 0 radical (unpaired) electrons. The summed E-state index contributed by atoms with van der Waals surface area (Å²) in [4.78, 5) is 14.8. The standard InChI is InChI=1S/C20H23ClN2O3/c1-25-18-7-5-15(6-8-18)19(23-9-11-26-12-10-23)14-22-20(24)16-3-2-4-17(21)13-16/h2-8,13,19H,9-12,14H2,1H3,(H,22,24)/t19-/m1/s1. The summed E-state index contributed by atoms with van der Waals surface area (Å²) in [6, 6.07) is 15.0. The highest BCUT2D eigenvalue weighted by Crippen LogP contribution is 2.24. The average Bonchev–Trinajstić information content (AvgIpc) is 2.69. The molecule has 1 saturated heterocycles. The summed E-state index contributed by atoms with van der Waals surface area (Å²) in [6.07, 6.45) is 0. The van der Waals surface area contributed by atoms with Gasteiger partial charge in [0.25, 0.3) is 5.91 Å². The summed E-state index contributed by atoms with van der Waals surface area (Å²) >= 11 is 5.98. The number of nitrogens with zero attached hydrogens (tertiary/aromatic N) is 1. The van der Waals surface area contributed by atoms with Crippen LogP contribution in [0.25, 0.3) is 0 Å². The molecule has 1 amide bonds. The zero-order chi connectivity index (χ0) is 18.4. The maximum atomic E-state index is 12.5. The summed E-state index contributed by atoms with van der Waals surface area (Å²) < 4.78 is 10.7. The minimum atomic E-state index is -0.126. The third-order valence-electron chi connectivity index (χ3n) is 4.53. The first-order valence-corrected chi connectivity index (χ1v) is 9.04. The van der Waals surface area contributed by atoms with Crippen LogP contribution in [-0.2, 0) is 4.74 Å². The SMILES string of the molecule is COc1ccc([C@@H](CNC(=O)c2cccc(Cl)c2)N2CCOCC2)cc1. The lowest BCUT2D eigenvalue weighted by Gasteiger charge is -2.35. The maximum absolute atomic E-state index is 12.5. The number of carbonyl (C=O) groups is 1. The molecule has 3 rings (SSSR count). The van der Waals surface area contributed by atoms with Gasteiger partial charge in [0.15, 0.2) is 0 Å². The van der Waals surface area contributed by atoms with Gasteiger partial charge in [0.2, 0.25) is 0 Å². The third kappa shape index (κ3) is 4.75. The molecule has 0 unspecified atom stereocenters. The van der Waals surface area contributed by atoms with Crippen molar-refractivity contribution in [3.05, 3.63) is 64.7 Å². The number of carbonyl (C=O) groups excluding carboxylic acids is 1. The number of amides is 1. The fourth-order valence-corrected chi connectivity index (χ4v) is 3.28. The quantitative estimate of drug-likeness (QED) is 0.843. The zero-order valence-electron chi connectivity index (χ0n) is 14.8. The Labute approximate surface area is 158 Å². The molecule has 1 heterocycles. The molecule has 6 heteroatoms. The molecule has 0 aliphatic carbocycles. The second kappa shape index (κ2) is 9.03. The van der Waals surface area contributed by atoms with E-state index in [9.17, 15) is 4.79 Å². The van der Waals surface area contributed by atoms with Crippen LogP contribution in [0.2, 0.25) is 5.02 Å². The van der Waals surface area contributed by atoms with E-state index in [0.29, 0.717) is 30.3 Å².